The fourth-order valence-corrected chi connectivity index (χ4v) is 1.15. The van der Waals surface area contributed by atoms with E-state index in [9.17, 15) is 4.79 Å². The Morgan fingerprint density at radius 1 is 1.57 bits per heavy atom. The van der Waals surface area contributed by atoms with Crippen molar-refractivity contribution in [2.75, 3.05) is 0 Å². The van der Waals surface area contributed by atoms with Crippen molar-refractivity contribution in [1.82, 2.24) is 0 Å². The molecule has 2 nitrogen and oxygen atoms in total. The molecule has 0 aliphatic heterocycles. The first-order valence-electron chi connectivity index (χ1n) is 4.12. The maximum atomic E-state index is 10.3. The first-order chi connectivity index (χ1) is 6.65. The molecule has 1 aromatic carbocycles. The lowest BCUT2D eigenvalue weighted by molar-refractivity contribution is -0.131. The highest BCUT2D eigenvalue weighted by atomic mass is 16.4. The van der Waals surface area contributed by atoms with Crippen molar-refractivity contribution in [3.05, 3.63) is 41.0 Å². The first-order valence-corrected chi connectivity index (χ1v) is 4.12. The Morgan fingerprint density at radius 3 is 2.86 bits per heavy atom. The van der Waals surface area contributed by atoms with Crippen LogP contribution in [0.3, 0.4) is 0 Å². The molecule has 0 spiro atoms. The summed E-state index contributed by atoms with van der Waals surface area (Å²) in [6, 6.07) is 5.47. The second kappa shape index (κ2) is 4.29. The fraction of sp³-hybridized carbons (Fsp3) is 0.0833. The predicted molar refractivity (Wildman–Crippen MR) is 55.8 cm³/mol. The number of rotatable bonds is 2. The summed E-state index contributed by atoms with van der Waals surface area (Å²) in [6.07, 6.45) is 7.93. The Labute approximate surface area is 82.9 Å². The van der Waals surface area contributed by atoms with E-state index in [0.717, 1.165) is 22.8 Å². The SMILES string of the molecule is C#Cc1cccc(/C=C/C(=O)O)c1C. The van der Waals surface area contributed by atoms with Crippen molar-refractivity contribution in [1.29, 1.82) is 0 Å². The lowest BCUT2D eigenvalue weighted by atomic mass is 10.0. The van der Waals surface area contributed by atoms with E-state index in [1.807, 2.05) is 25.1 Å². The molecule has 0 fully saturated rings. The smallest absolute Gasteiger partial charge is 0.328 e. The van der Waals surface area contributed by atoms with Gasteiger partial charge in [-0.2, -0.15) is 0 Å². The van der Waals surface area contributed by atoms with Crippen molar-refractivity contribution in [3.63, 3.8) is 0 Å². The summed E-state index contributed by atoms with van der Waals surface area (Å²) in [5.41, 5.74) is 2.55. The number of carbonyl (C=O) groups is 1. The molecule has 2 heteroatoms. The van der Waals surface area contributed by atoms with E-state index in [1.165, 1.54) is 0 Å². The second-order valence-electron chi connectivity index (χ2n) is 2.84. The van der Waals surface area contributed by atoms with E-state index in [1.54, 1.807) is 6.08 Å². The van der Waals surface area contributed by atoms with Gasteiger partial charge in [-0.1, -0.05) is 18.1 Å². The van der Waals surface area contributed by atoms with Gasteiger partial charge >= 0.3 is 5.97 Å². The van der Waals surface area contributed by atoms with Crippen LogP contribution >= 0.6 is 0 Å². The highest BCUT2D eigenvalue weighted by Gasteiger charge is 1.98. The largest absolute Gasteiger partial charge is 0.478 e. The number of terminal acetylenes is 1. The summed E-state index contributed by atoms with van der Waals surface area (Å²) in [6.45, 7) is 1.87. The molecule has 14 heavy (non-hydrogen) atoms. The van der Waals surface area contributed by atoms with Crippen LogP contribution in [0.15, 0.2) is 24.3 Å². The van der Waals surface area contributed by atoms with Crippen LogP contribution in [0.1, 0.15) is 16.7 Å². The van der Waals surface area contributed by atoms with E-state index in [0.29, 0.717) is 0 Å². The quantitative estimate of drug-likeness (QED) is 0.567. The molecule has 0 unspecified atom stereocenters. The molecule has 0 bridgehead atoms. The number of hydrogen-bond acceptors (Lipinski definition) is 1. The molecule has 1 aromatic rings. The Hall–Kier alpha value is -2.01. The third-order valence-corrected chi connectivity index (χ3v) is 1.94. The molecule has 70 valence electrons. The maximum absolute atomic E-state index is 10.3. The van der Waals surface area contributed by atoms with Gasteiger partial charge < -0.3 is 5.11 Å². The molecule has 0 aliphatic carbocycles. The van der Waals surface area contributed by atoms with Crippen LogP contribution in [-0.4, -0.2) is 11.1 Å². The van der Waals surface area contributed by atoms with Crippen LogP contribution in [0.25, 0.3) is 6.08 Å². The fourth-order valence-electron chi connectivity index (χ4n) is 1.15. The maximum Gasteiger partial charge on any atom is 0.328 e. The zero-order chi connectivity index (χ0) is 10.6. The average Bonchev–Trinajstić information content (AvgIpc) is 2.16. The molecular formula is C12H10O2. The third kappa shape index (κ3) is 2.24. The minimum absolute atomic E-state index is 0.789. The molecular weight excluding hydrogens is 176 g/mol. The number of aliphatic carboxylic acids is 1. The third-order valence-electron chi connectivity index (χ3n) is 1.94. The average molecular weight is 186 g/mol. The van der Waals surface area contributed by atoms with Crippen molar-refractivity contribution < 1.29 is 9.90 Å². The summed E-state index contributed by atoms with van der Waals surface area (Å²) in [5, 5.41) is 8.47. The van der Waals surface area contributed by atoms with Gasteiger partial charge in [0, 0.05) is 11.6 Å². The monoisotopic (exact) mass is 186 g/mol. The van der Waals surface area contributed by atoms with Gasteiger partial charge in [-0.25, -0.2) is 4.79 Å². The van der Waals surface area contributed by atoms with Gasteiger partial charge in [0.2, 0.25) is 0 Å². The van der Waals surface area contributed by atoms with Crippen LogP contribution < -0.4 is 0 Å². The topological polar surface area (TPSA) is 37.3 Å². The van der Waals surface area contributed by atoms with E-state index < -0.39 is 5.97 Å². The van der Waals surface area contributed by atoms with Crippen LogP contribution in [0, 0.1) is 19.3 Å². The van der Waals surface area contributed by atoms with Crippen LogP contribution in [0.2, 0.25) is 0 Å². The van der Waals surface area contributed by atoms with Crippen molar-refractivity contribution in [2.24, 2.45) is 0 Å². The molecule has 0 heterocycles. The number of carboxylic acids is 1. The summed E-state index contributed by atoms with van der Waals surface area (Å²) < 4.78 is 0. The molecule has 0 aliphatic rings. The first kappa shape index (κ1) is 10.1. The molecule has 0 saturated carbocycles. The van der Waals surface area contributed by atoms with Crippen LogP contribution in [0.4, 0.5) is 0 Å². The predicted octanol–water partition coefficient (Wildman–Crippen LogP) is 2.07. The van der Waals surface area contributed by atoms with Gasteiger partial charge in [0.25, 0.3) is 0 Å². The summed E-state index contributed by atoms with van der Waals surface area (Å²) in [7, 11) is 0. The van der Waals surface area contributed by atoms with E-state index in [-0.39, 0.29) is 0 Å². The van der Waals surface area contributed by atoms with Gasteiger partial charge in [-0.15, -0.1) is 6.42 Å². The van der Waals surface area contributed by atoms with Crippen LogP contribution in [-0.2, 0) is 4.79 Å². The molecule has 0 amide bonds. The van der Waals surface area contributed by atoms with Crippen molar-refractivity contribution in [2.45, 2.75) is 6.92 Å². The van der Waals surface area contributed by atoms with Crippen LogP contribution in [0.5, 0.6) is 0 Å². The molecule has 0 saturated heterocycles. The normalized spacial score (nSPS) is 10.0. The number of benzene rings is 1. The van der Waals surface area contributed by atoms with E-state index >= 15 is 0 Å². The minimum Gasteiger partial charge on any atom is -0.478 e. The van der Waals surface area contributed by atoms with Crippen molar-refractivity contribution >= 4 is 12.0 Å². The minimum atomic E-state index is -0.962. The lowest BCUT2D eigenvalue weighted by Crippen LogP contribution is -1.89. The second-order valence-corrected chi connectivity index (χ2v) is 2.84. The van der Waals surface area contributed by atoms with Crippen molar-refractivity contribution in [3.8, 4) is 12.3 Å². The zero-order valence-corrected chi connectivity index (χ0v) is 7.82. The molecule has 1 rings (SSSR count). The Bertz CT molecular complexity index is 422. The lowest BCUT2D eigenvalue weighted by Gasteiger charge is -2.01. The van der Waals surface area contributed by atoms with Gasteiger partial charge in [0.05, 0.1) is 0 Å². The Morgan fingerprint density at radius 2 is 2.29 bits per heavy atom. The van der Waals surface area contributed by atoms with Gasteiger partial charge in [-0.05, 0) is 30.2 Å². The van der Waals surface area contributed by atoms with Gasteiger partial charge in [-0.3, -0.25) is 0 Å². The zero-order valence-electron chi connectivity index (χ0n) is 7.82. The molecule has 0 atom stereocenters. The van der Waals surface area contributed by atoms with E-state index in [4.69, 9.17) is 11.5 Å². The van der Waals surface area contributed by atoms with Gasteiger partial charge in [0.1, 0.15) is 0 Å². The highest BCUT2D eigenvalue weighted by Crippen LogP contribution is 2.14. The molecule has 1 N–H and O–H groups in total. The Balaban J connectivity index is 3.12. The number of carboxylic acid groups (broad SMARTS) is 1. The standard InChI is InChI=1S/C12H10O2/c1-3-10-5-4-6-11(9(10)2)7-8-12(13)14/h1,4-8H,2H3,(H,13,14)/b8-7+. The Kier molecular flexibility index (Phi) is 3.09. The number of hydrogen-bond donors (Lipinski definition) is 1. The highest BCUT2D eigenvalue weighted by molar-refractivity contribution is 5.85. The summed E-state index contributed by atoms with van der Waals surface area (Å²) in [5.74, 6) is 1.58. The van der Waals surface area contributed by atoms with E-state index in [2.05, 4.69) is 5.92 Å². The molecule has 0 aromatic heterocycles. The summed E-state index contributed by atoms with van der Waals surface area (Å²) >= 11 is 0. The van der Waals surface area contributed by atoms with Gasteiger partial charge in [0.15, 0.2) is 0 Å². The summed E-state index contributed by atoms with van der Waals surface area (Å²) in [4.78, 5) is 10.3. The molecule has 0 radical (unpaired) electrons.